The Morgan fingerprint density at radius 2 is 2.04 bits per heavy atom. The average Bonchev–Trinajstić information content (AvgIpc) is 3.03. The molecule has 6 nitrogen and oxygen atoms in total. The van der Waals surface area contributed by atoms with Crippen LogP contribution in [-0.4, -0.2) is 34.2 Å². The molecule has 0 aliphatic carbocycles. The maximum atomic E-state index is 12.2. The number of hydrogen-bond donors (Lipinski definition) is 3. The standard InChI is InChI=1S/C17H19N5O/c23-17(16-14-6-1-2-7-15(14)21-22-16)20-10-4-9-19-12-13-5-3-8-18-11-13/h1-3,5-8,11,19H,4,9-10,12H2,(H,20,23)(H,21,22). The zero-order valence-electron chi connectivity index (χ0n) is 12.7. The number of pyridine rings is 1. The number of aromatic amines is 1. The van der Waals surface area contributed by atoms with Crippen LogP contribution in [-0.2, 0) is 6.54 Å². The van der Waals surface area contributed by atoms with Gasteiger partial charge in [-0.05, 0) is 30.7 Å². The summed E-state index contributed by atoms with van der Waals surface area (Å²) in [5.41, 5.74) is 2.47. The van der Waals surface area contributed by atoms with Crippen molar-refractivity contribution in [3.63, 3.8) is 0 Å². The second-order valence-corrected chi connectivity index (χ2v) is 5.27. The summed E-state index contributed by atoms with van der Waals surface area (Å²) in [5, 5.41) is 14.0. The third-order valence-corrected chi connectivity index (χ3v) is 3.55. The highest BCUT2D eigenvalue weighted by Gasteiger charge is 2.12. The van der Waals surface area contributed by atoms with Gasteiger partial charge in [0.15, 0.2) is 5.69 Å². The Morgan fingerprint density at radius 3 is 2.91 bits per heavy atom. The Bertz CT molecular complexity index is 769. The molecule has 2 heterocycles. The molecule has 1 aromatic carbocycles. The maximum Gasteiger partial charge on any atom is 0.272 e. The minimum atomic E-state index is -0.144. The van der Waals surface area contributed by atoms with E-state index in [1.165, 1.54) is 0 Å². The number of carbonyl (C=O) groups is 1. The number of rotatable bonds is 7. The number of aromatic nitrogens is 3. The molecule has 0 bridgehead atoms. The molecule has 1 amide bonds. The number of amides is 1. The average molecular weight is 309 g/mol. The lowest BCUT2D eigenvalue weighted by Gasteiger charge is -2.06. The van der Waals surface area contributed by atoms with Crippen LogP contribution >= 0.6 is 0 Å². The molecule has 0 aliphatic rings. The molecular weight excluding hydrogens is 290 g/mol. The number of fused-ring (bicyclic) bond motifs is 1. The van der Waals surface area contributed by atoms with Crippen LogP contribution in [0.5, 0.6) is 0 Å². The third kappa shape index (κ3) is 3.92. The van der Waals surface area contributed by atoms with E-state index in [0.29, 0.717) is 12.2 Å². The lowest BCUT2D eigenvalue weighted by Crippen LogP contribution is -2.27. The van der Waals surface area contributed by atoms with E-state index in [0.717, 1.165) is 36.0 Å². The number of para-hydroxylation sites is 1. The summed E-state index contributed by atoms with van der Waals surface area (Å²) >= 11 is 0. The topological polar surface area (TPSA) is 82.7 Å². The van der Waals surface area contributed by atoms with Crippen molar-refractivity contribution in [2.24, 2.45) is 0 Å². The number of benzene rings is 1. The Hall–Kier alpha value is -2.73. The molecule has 2 aromatic heterocycles. The van der Waals surface area contributed by atoms with Crippen LogP contribution in [0, 0.1) is 0 Å². The first-order chi connectivity index (χ1) is 11.3. The summed E-state index contributed by atoms with van der Waals surface area (Å²) < 4.78 is 0. The number of hydrogen-bond acceptors (Lipinski definition) is 4. The van der Waals surface area contributed by atoms with E-state index in [4.69, 9.17) is 0 Å². The number of nitrogens with zero attached hydrogens (tertiary/aromatic N) is 2. The van der Waals surface area contributed by atoms with Gasteiger partial charge in [0, 0.05) is 30.9 Å². The zero-order chi connectivity index (χ0) is 15.9. The van der Waals surface area contributed by atoms with Crippen LogP contribution in [0.4, 0.5) is 0 Å². The van der Waals surface area contributed by atoms with Crippen LogP contribution in [0.3, 0.4) is 0 Å². The van der Waals surface area contributed by atoms with Gasteiger partial charge in [-0.3, -0.25) is 14.9 Å². The van der Waals surface area contributed by atoms with E-state index in [-0.39, 0.29) is 5.91 Å². The fourth-order valence-electron chi connectivity index (χ4n) is 2.37. The van der Waals surface area contributed by atoms with Gasteiger partial charge in [-0.1, -0.05) is 24.3 Å². The normalized spacial score (nSPS) is 10.8. The van der Waals surface area contributed by atoms with Crippen molar-refractivity contribution >= 4 is 16.8 Å². The van der Waals surface area contributed by atoms with Crippen LogP contribution in [0.25, 0.3) is 10.9 Å². The number of carbonyl (C=O) groups excluding carboxylic acids is 1. The molecule has 0 aliphatic heterocycles. The number of H-pyrrole nitrogens is 1. The van der Waals surface area contributed by atoms with E-state index < -0.39 is 0 Å². The fraction of sp³-hybridized carbons (Fsp3) is 0.235. The number of nitrogens with one attached hydrogen (secondary N) is 3. The molecule has 0 radical (unpaired) electrons. The predicted molar refractivity (Wildman–Crippen MR) is 89.0 cm³/mol. The summed E-state index contributed by atoms with van der Waals surface area (Å²) in [6.07, 6.45) is 4.46. The third-order valence-electron chi connectivity index (χ3n) is 3.55. The summed E-state index contributed by atoms with van der Waals surface area (Å²) in [4.78, 5) is 16.2. The minimum absolute atomic E-state index is 0.144. The van der Waals surface area contributed by atoms with Crippen molar-refractivity contribution in [1.82, 2.24) is 25.8 Å². The van der Waals surface area contributed by atoms with Gasteiger partial charge in [-0.2, -0.15) is 5.10 Å². The van der Waals surface area contributed by atoms with Gasteiger partial charge in [-0.25, -0.2) is 0 Å². The van der Waals surface area contributed by atoms with Gasteiger partial charge in [0.1, 0.15) is 0 Å². The molecule has 118 valence electrons. The van der Waals surface area contributed by atoms with Crippen molar-refractivity contribution < 1.29 is 4.79 Å². The van der Waals surface area contributed by atoms with Crippen molar-refractivity contribution in [3.05, 3.63) is 60.0 Å². The molecule has 0 fully saturated rings. The highest BCUT2D eigenvalue weighted by atomic mass is 16.1. The summed E-state index contributed by atoms with van der Waals surface area (Å²) in [6.45, 7) is 2.22. The monoisotopic (exact) mass is 309 g/mol. The maximum absolute atomic E-state index is 12.2. The van der Waals surface area contributed by atoms with Gasteiger partial charge in [0.2, 0.25) is 0 Å². The highest BCUT2D eigenvalue weighted by Crippen LogP contribution is 2.14. The van der Waals surface area contributed by atoms with Crippen molar-refractivity contribution in [3.8, 4) is 0 Å². The molecular formula is C17H19N5O. The summed E-state index contributed by atoms with van der Waals surface area (Å²) in [6, 6.07) is 11.6. The lowest BCUT2D eigenvalue weighted by atomic mass is 10.2. The van der Waals surface area contributed by atoms with E-state index in [2.05, 4.69) is 25.8 Å². The van der Waals surface area contributed by atoms with Crippen LogP contribution in [0.15, 0.2) is 48.8 Å². The first kappa shape index (κ1) is 15.2. The minimum Gasteiger partial charge on any atom is -0.351 e. The SMILES string of the molecule is O=C(NCCCNCc1cccnc1)c1n[nH]c2ccccc12. The molecule has 0 spiro atoms. The van der Waals surface area contributed by atoms with E-state index >= 15 is 0 Å². The van der Waals surface area contributed by atoms with Crippen molar-refractivity contribution in [2.75, 3.05) is 13.1 Å². The molecule has 23 heavy (non-hydrogen) atoms. The first-order valence-electron chi connectivity index (χ1n) is 7.65. The van der Waals surface area contributed by atoms with Gasteiger partial charge in [0.25, 0.3) is 5.91 Å². The Labute approximate surface area is 134 Å². The summed E-state index contributed by atoms with van der Waals surface area (Å²) in [5.74, 6) is -0.144. The van der Waals surface area contributed by atoms with Crippen molar-refractivity contribution in [2.45, 2.75) is 13.0 Å². The Balaban J connectivity index is 1.40. The first-order valence-corrected chi connectivity index (χ1v) is 7.65. The Kier molecular flexibility index (Phi) is 4.95. The largest absolute Gasteiger partial charge is 0.351 e. The van der Waals surface area contributed by atoms with Gasteiger partial charge in [0.05, 0.1) is 5.52 Å². The molecule has 0 saturated heterocycles. The second-order valence-electron chi connectivity index (χ2n) is 5.27. The molecule has 0 saturated carbocycles. The fourth-order valence-corrected chi connectivity index (χ4v) is 2.37. The highest BCUT2D eigenvalue weighted by molar-refractivity contribution is 6.04. The smallest absolute Gasteiger partial charge is 0.272 e. The second kappa shape index (κ2) is 7.51. The molecule has 3 rings (SSSR count). The van der Waals surface area contributed by atoms with Crippen LogP contribution < -0.4 is 10.6 Å². The quantitative estimate of drug-likeness (QED) is 0.582. The van der Waals surface area contributed by atoms with Crippen LogP contribution in [0.2, 0.25) is 0 Å². The molecule has 6 heteroatoms. The molecule has 3 N–H and O–H groups in total. The molecule has 0 atom stereocenters. The van der Waals surface area contributed by atoms with Gasteiger partial charge >= 0.3 is 0 Å². The van der Waals surface area contributed by atoms with Crippen molar-refractivity contribution in [1.29, 1.82) is 0 Å². The Morgan fingerprint density at radius 1 is 1.13 bits per heavy atom. The summed E-state index contributed by atoms with van der Waals surface area (Å²) in [7, 11) is 0. The van der Waals surface area contributed by atoms with E-state index in [1.807, 2.05) is 42.6 Å². The van der Waals surface area contributed by atoms with Gasteiger partial charge < -0.3 is 10.6 Å². The van der Waals surface area contributed by atoms with Gasteiger partial charge in [-0.15, -0.1) is 0 Å². The predicted octanol–water partition coefficient (Wildman–Crippen LogP) is 1.87. The van der Waals surface area contributed by atoms with E-state index in [1.54, 1.807) is 6.20 Å². The molecule has 3 aromatic rings. The van der Waals surface area contributed by atoms with E-state index in [9.17, 15) is 4.79 Å². The lowest BCUT2D eigenvalue weighted by molar-refractivity contribution is 0.0950. The zero-order valence-corrected chi connectivity index (χ0v) is 12.7. The van der Waals surface area contributed by atoms with Crippen LogP contribution in [0.1, 0.15) is 22.5 Å². The molecule has 0 unspecified atom stereocenters.